The van der Waals surface area contributed by atoms with Crippen molar-refractivity contribution in [3.05, 3.63) is 83.7 Å². The first-order chi connectivity index (χ1) is 15.0. The van der Waals surface area contributed by atoms with E-state index >= 15 is 0 Å². The molecule has 1 aromatic heterocycles. The van der Waals surface area contributed by atoms with Crippen molar-refractivity contribution in [2.75, 3.05) is 19.1 Å². The number of amides is 1. The highest BCUT2D eigenvalue weighted by molar-refractivity contribution is 6.10. The van der Waals surface area contributed by atoms with Crippen LogP contribution >= 0.6 is 0 Å². The molecule has 0 unspecified atom stereocenters. The second kappa shape index (κ2) is 8.20. The second-order valence-electron chi connectivity index (χ2n) is 7.27. The molecular formula is C24H22N2O5. The van der Waals surface area contributed by atoms with Crippen LogP contribution in [0.25, 0.3) is 0 Å². The molecular weight excluding hydrogens is 396 g/mol. The second-order valence-corrected chi connectivity index (χ2v) is 7.27. The number of aromatic nitrogens is 1. The van der Waals surface area contributed by atoms with Gasteiger partial charge in [-0.15, -0.1) is 0 Å². The lowest BCUT2D eigenvalue weighted by molar-refractivity contribution is -0.136. The number of benzene rings is 2. The summed E-state index contributed by atoms with van der Waals surface area (Å²) >= 11 is 0. The summed E-state index contributed by atoms with van der Waals surface area (Å²) in [4.78, 5) is 31.7. The summed E-state index contributed by atoms with van der Waals surface area (Å²) in [6, 6.07) is 17.3. The molecule has 1 atom stereocenters. The zero-order valence-electron chi connectivity index (χ0n) is 17.2. The van der Waals surface area contributed by atoms with Gasteiger partial charge in [-0.3, -0.25) is 14.6 Å². The summed E-state index contributed by atoms with van der Waals surface area (Å²) in [5, 5.41) is 11.4. The van der Waals surface area contributed by atoms with Crippen LogP contribution in [0.15, 0.2) is 66.9 Å². The predicted molar refractivity (Wildman–Crippen MR) is 114 cm³/mol. The van der Waals surface area contributed by atoms with Gasteiger partial charge in [-0.25, -0.2) is 0 Å². The third-order valence-electron chi connectivity index (χ3n) is 5.39. The summed E-state index contributed by atoms with van der Waals surface area (Å²) < 4.78 is 10.6. The number of Topliss-reactive ketones (excluding diaryl/α,β-unsaturated/α-hetero) is 1. The Morgan fingerprint density at radius 1 is 1.03 bits per heavy atom. The summed E-state index contributed by atoms with van der Waals surface area (Å²) in [6.07, 6.45) is 1.12. The van der Waals surface area contributed by atoms with Crippen molar-refractivity contribution < 1.29 is 24.2 Å². The smallest absolute Gasteiger partial charge is 0.264 e. The number of carbonyl (C=O) groups is 2. The van der Waals surface area contributed by atoms with Gasteiger partial charge in [0.2, 0.25) is 0 Å². The molecule has 2 aromatic carbocycles. The molecule has 7 nitrogen and oxygen atoms in total. The number of carbonyl (C=O) groups excluding carboxylic acids is 2. The predicted octanol–water partition coefficient (Wildman–Crippen LogP) is 3.11. The van der Waals surface area contributed by atoms with Crippen molar-refractivity contribution in [1.82, 2.24) is 4.98 Å². The van der Waals surface area contributed by atoms with Gasteiger partial charge >= 0.3 is 0 Å². The Hall–Kier alpha value is -3.71. The maximum atomic E-state index is 13.4. The number of hydrogen-bond donors (Lipinski definition) is 1. The van der Waals surface area contributed by atoms with Crippen LogP contribution < -0.4 is 14.4 Å². The number of ketones is 1. The molecule has 1 amide bonds. The summed E-state index contributed by atoms with van der Waals surface area (Å²) in [5.41, 5.74) is 0.0193. The fourth-order valence-corrected chi connectivity index (χ4v) is 3.85. The van der Waals surface area contributed by atoms with Crippen LogP contribution in [0.2, 0.25) is 0 Å². The molecule has 2 heterocycles. The number of methoxy groups -OCH3 is 2. The Bertz CT molecular complexity index is 1130. The number of rotatable bonds is 7. The molecule has 158 valence electrons. The van der Waals surface area contributed by atoms with E-state index in [1.165, 1.54) is 11.1 Å². The van der Waals surface area contributed by atoms with Crippen molar-refractivity contribution in [3.63, 3.8) is 0 Å². The van der Waals surface area contributed by atoms with Gasteiger partial charge in [0.15, 0.2) is 22.9 Å². The van der Waals surface area contributed by atoms with E-state index in [9.17, 15) is 14.7 Å². The third kappa shape index (κ3) is 3.64. The monoisotopic (exact) mass is 418 g/mol. The van der Waals surface area contributed by atoms with Crippen molar-refractivity contribution in [2.45, 2.75) is 18.6 Å². The minimum Gasteiger partial charge on any atom is -0.493 e. The van der Waals surface area contributed by atoms with Crippen molar-refractivity contribution in [2.24, 2.45) is 0 Å². The SMILES string of the molecule is COc1ccc(CN2C(=O)[C@@](O)(CC(=O)c3ccccn3)c3ccccc32)cc1OC. The quantitative estimate of drug-likeness (QED) is 0.593. The maximum absolute atomic E-state index is 13.4. The fourth-order valence-electron chi connectivity index (χ4n) is 3.85. The van der Waals surface area contributed by atoms with Crippen LogP contribution in [0.1, 0.15) is 28.0 Å². The van der Waals surface area contributed by atoms with Crippen LogP contribution in [0.3, 0.4) is 0 Å². The lowest BCUT2D eigenvalue weighted by Gasteiger charge is -2.23. The molecule has 1 N–H and O–H groups in total. The number of hydrogen-bond acceptors (Lipinski definition) is 6. The van der Waals surface area contributed by atoms with Crippen LogP contribution in [0.5, 0.6) is 11.5 Å². The highest BCUT2D eigenvalue weighted by atomic mass is 16.5. The van der Waals surface area contributed by atoms with Crippen LogP contribution in [0, 0.1) is 0 Å². The van der Waals surface area contributed by atoms with E-state index < -0.39 is 17.3 Å². The lowest BCUT2D eigenvalue weighted by Crippen LogP contribution is -2.41. The van der Waals surface area contributed by atoms with Crippen LogP contribution in [-0.2, 0) is 16.9 Å². The Morgan fingerprint density at radius 2 is 1.77 bits per heavy atom. The fraction of sp³-hybridized carbons (Fsp3) is 0.208. The Balaban J connectivity index is 1.67. The molecule has 0 aliphatic carbocycles. The average molecular weight is 418 g/mol. The molecule has 0 saturated heterocycles. The number of pyridine rings is 1. The minimum atomic E-state index is -1.96. The molecule has 0 spiro atoms. The standard InChI is InChI=1S/C24H22N2O5/c1-30-21-11-10-16(13-22(21)31-2)15-26-19-9-4-3-7-17(19)24(29,23(26)28)14-20(27)18-8-5-6-12-25-18/h3-13,29H,14-15H2,1-2H3/t24-/m1/s1. The number of nitrogens with zero attached hydrogens (tertiary/aromatic N) is 2. The van der Waals surface area contributed by atoms with E-state index in [0.717, 1.165) is 5.56 Å². The number of fused-ring (bicyclic) bond motifs is 1. The Kier molecular flexibility index (Phi) is 5.44. The Morgan fingerprint density at radius 3 is 2.48 bits per heavy atom. The molecule has 3 aromatic rings. The molecule has 7 heteroatoms. The summed E-state index contributed by atoms with van der Waals surface area (Å²) in [6.45, 7) is 0.205. The normalized spacial score (nSPS) is 17.4. The third-order valence-corrected chi connectivity index (χ3v) is 5.39. The maximum Gasteiger partial charge on any atom is 0.264 e. The number of anilines is 1. The van der Waals surface area contributed by atoms with Gasteiger partial charge in [0.1, 0.15) is 5.69 Å². The first kappa shape index (κ1) is 20.6. The average Bonchev–Trinajstić information content (AvgIpc) is 3.01. The lowest BCUT2D eigenvalue weighted by atomic mass is 9.89. The van der Waals surface area contributed by atoms with Crippen molar-refractivity contribution in [1.29, 1.82) is 0 Å². The van der Waals surface area contributed by atoms with Gasteiger partial charge < -0.3 is 19.5 Å². The molecule has 1 aliphatic heterocycles. The highest BCUT2D eigenvalue weighted by Crippen LogP contribution is 2.43. The van der Waals surface area contributed by atoms with Gasteiger partial charge in [-0.05, 0) is 35.9 Å². The molecule has 0 saturated carbocycles. The van der Waals surface area contributed by atoms with E-state index in [1.807, 2.05) is 6.07 Å². The molecule has 4 rings (SSSR count). The van der Waals surface area contributed by atoms with E-state index in [0.29, 0.717) is 22.7 Å². The largest absolute Gasteiger partial charge is 0.493 e. The molecule has 0 radical (unpaired) electrons. The Labute approximate surface area is 179 Å². The summed E-state index contributed by atoms with van der Waals surface area (Å²) in [5.74, 6) is 0.171. The van der Waals surface area contributed by atoms with Gasteiger partial charge in [0.05, 0.1) is 32.9 Å². The molecule has 1 aliphatic rings. The molecule has 0 bridgehead atoms. The van der Waals surface area contributed by atoms with Gasteiger partial charge in [0, 0.05) is 11.8 Å². The first-order valence-electron chi connectivity index (χ1n) is 9.77. The van der Waals surface area contributed by atoms with E-state index in [2.05, 4.69) is 4.98 Å². The zero-order valence-corrected chi connectivity index (χ0v) is 17.2. The van der Waals surface area contributed by atoms with E-state index in [1.54, 1.807) is 68.8 Å². The first-order valence-corrected chi connectivity index (χ1v) is 9.77. The van der Waals surface area contributed by atoms with Gasteiger partial charge in [-0.1, -0.05) is 30.3 Å². The minimum absolute atomic E-state index is 0.205. The number of ether oxygens (including phenoxy) is 2. The summed E-state index contributed by atoms with van der Waals surface area (Å²) in [7, 11) is 3.09. The number of aliphatic hydroxyl groups is 1. The van der Waals surface area contributed by atoms with Crippen molar-refractivity contribution >= 4 is 17.4 Å². The van der Waals surface area contributed by atoms with Crippen LogP contribution in [0.4, 0.5) is 5.69 Å². The molecule has 31 heavy (non-hydrogen) atoms. The molecule has 0 fully saturated rings. The topological polar surface area (TPSA) is 89.0 Å². The number of para-hydroxylation sites is 1. The van der Waals surface area contributed by atoms with E-state index in [4.69, 9.17) is 9.47 Å². The zero-order chi connectivity index (χ0) is 22.0. The van der Waals surface area contributed by atoms with E-state index in [-0.39, 0.29) is 18.7 Å². The van der Waals surface area contributed by atoms with Crippen LogP contribution in [-0.4, -0.2) is 36.0 Å². The van der Waals surface area contributed by atoms with Gasteiger partial charge in [0.25, 0.3) is 5.91 Å². The van der Waals surface area contributed by atoms with Gasteiger partial charge in [-0.2, -0.15) is 0 Å². The van der Waals surface area contributed by atoms with Crippen molar-refractivity contribution in [3.8, 4) is 11.5 Å². The highest BCUT2D eigenvalue weighted by Gasteiger charge is 2.50.